The summed E-state index contributed by atoms with van der Waals surface area (Å²) in [4.78, 5) is 0. The Morgan fingerprint density at radius 3 is 1.81 bits per heavy atom. The maximum atomic E-state index is 5.85. The molecule has 0 saturated carbocycles. The Labute approximate surface area is 101 Å². The van der Waals surface area contributed by atoms with Crippen molar-refractivity contribution in [2.45, 2.75) is 6.92 Å². The van der Waals surface area contributed by atoms with Crippen LogP contribution in [0.1, 0.15) is 12.5 Å². The van der Waals surface area contributed by atoms with Crippen molar-refractivity contribution >= 4 is 11.6 Å². The first-order valence-electron chi connectivity index (χ1n) is 5.08. The SMILES string of the molecule is CC#Cc1ccc(-c2ccc(Cl)cc2)cc1. The van der Waals surface area contributed by atoms with Gasteiger partial charge >= 0.3 is 0 Å². The predicted octanol–water partition coefficient (Wildman–Crippen LogP) is 4.38. The molecule has 0 fully saturated rings. The van der Waals surface area contributed by atoms with E-state index in [0.717, 1.165) is 10.6 Å². The third-order valence-corrected chi connectivity index (χ3v) is 2.58. The van der Waals surface area contributed by atoms with E-state index in [0.29, 0.717) is 0 Å². The summed E-state index contributed by atoms with van der Waals surface area (Å²) >= 11 is 5.85. The van der Waals surface area contributed by atoms with Crippen LogP contribution in [0, 0.1) is 11.8 Å². The molecule has 0 aromatic heterocycles. The first kappa shape index (κ1) is 10.8. The summed E-state index contributed by atoms with van der Waals surface area (Å²) in [5.74, 6) is 5.91. The Morgan fingerprint density at radius 1 is 0.812 bits per heavy atom. The predicted molar refractivity (Wildman–Crippen MR) is 69.4 cm³/mol. The normalized spacial score (nSPS) is 9.38. The van der Waals surface area contributed by atoms with Crippen LogP contribution in [0.5, 0.6) is 0 Å². The van der Waals surface area contributed by atoms with Crippen LogP contribution in [0.25, 0.3) is 11.1 Å². The van der Waals surface area contributed by atoms with Gasteiger partial charge < -0.3 is 0 Å². The summed E-state index contributed by atoms with van der Waals surface area (Å²) < 4.78 is 0. The van der Waals surface area contributed by atoms with Gasteiger partial charge in [0.25, 0.3) is 0 Å². The number of benzene rings is 2. The smallest absolute Gasteiger partial charge is 0.0406 e. The summed E-state index contributed by atoms with van der Waals surface area (Å²) in [6.07, 6.45) is 0. The molecule has 0 aliphatic heterocycles. The van der Waals surface area contributed by atoms with Crippen LogP contribution < -0.4 is 0 Å². The van der Waals surface area contributed by atoms with E-state index in [2.05, 4.69) is 24.0 Å². The molecule has 0 bridgehead atoms. The van der Waals surface area contributed by atoms with Gasteiger partial charge in [-0.3, -0.25) is 0 Å². The van der Waals surface area contributed by atoms with E-state index in [1.165, 1.54) is 11.1 Å². The third kappa shape index (κ3) is 2.45. The van der Waals surface area contributed by atoms with Gasteiger partial charge in [-0.05, 0) is 42.3 Å². The summed E-state index contributed by atoms with van der Waals surface area (Å²) in [6.45, 7) is 1.84. The van der Waals surface area contributed by atoms with Gasteiger partial charge in [0.1, 0.15) is 0 Å². The standard InChI is InChI=1S/C15H11Cl/c1-2-3-12-4-6-13(7-5-12)14-8-10-15(16)11-9-14/h4-11H,1H3. The number of rotatable bonds is 1. The van der Waals surface area contributed by atoms with Crippen LogP contribution >= 0.6 is 11.6 Å². The Morgan fingerprint density at radius 2 is 1.31 bits per heavy atom. The summed E-state index contributed by atoms with van der Waals surface area (Å²) in [6, 6.07) is 16.0. The average molecular weight is 227 g/mol. The topological polar surface area (TPSA) is 0 Å². The van der Waals surface area contributed by atoms with Crippen LogP contribution in [-0.2, 0) is 0 Å². The fourth-order valence-electron chi connectivity index (χ4n) is 1.53. The molecule has 16 heavy (non-hydrogen) atoms. The van der Waals surface area contributed by atoms with E-state index in [9.17, 15) is 0 Å². The van der Waals surface area contributed by atoms with Crippen LogP contribution in [0.3, 0.4) is 0 Å². The van der Waals surface area contributed by atoms with Crippen molar-refractivity contribution in [3.8, 4) is 23.0 Å². The monoisotopic (exact) mass is 226 g/mol. The van der Waals surface area contributed by atoms with Crippen molar-refractivity contribution in [3.05, 3.63) is 59.1 Å². The Balaban J connectivity index is 2.33. The van der Waals surface area contributed by atoms with Gasteiger partial charge in [0.2, 0.25) is 0 Å². The molecule has 2 rings (SSSR count). The highest BCUT2D eigenvalue weighted by atomic mass is 35.5. The lowest BCUT2D eigenvalue weighted by molar-refractivity contribution is 1.59. The molecule has 1 heteroatoms. The zero-order chi connectivity index (χ0) is 11.4. The van der Waals surface area contributed by atoms with Gasteiger partial charge in [-0.1, -0.05) is 41.8 Å². The lowest BCUT2D eigenvalue weighted by Crippen LogP contribution is -1.78. The van der Waals surface area contributed by atoms with Gasteiger partial charge in [-0.15, -0.1) is 5.92 Å². The molecular formula is C15H11Cl. The zero-order valence-corrected chi connectivity index (χ0v) is 9.75. The summed E-state index contributed by atoms with van der Waals surface area (Å²) in [7, 11) is 0. The first-order chi connectivity index (χ1) is 7.79. The van der Waals surface area contributed by atoms with Crippen LogP contribution in [0.2, 0.25) is 5.02 Å². The lowest BCUT2D eigenvalue weighted by Gasteiger charge is -2.01. The number of hydrogen-bond donors (Lipinski definition) is 0. The van der Waals surface area contributed by atoms with E-state index >= 15 is 0 Å². The molecule has 0 nitrogen and oxygen atoms in total. The molecule has 0 saturated heterocycles. The van der Waals surface area contributed by atoms with E-state index in [1.807, 2.05) is 43.3 Å². The van der Waals surface area contributed by atoms with Crippen molar-refractivity contribution in [1.82, 2.24) is 0 Å². The second-order valence-electron chi connectivity index (χ2n) is 3.46. The van der Waals surface area contributed by atoms with Crippen molar-refractivity contribution in [2.24, 2.45) is 0 Å². The summed E-state index contributed by atoms with van der Waals surface area (Å²) in [5.41, 5.74) is 3.39. The molecule has 0 aliphatic carbocycles. The first-order valence-corrected chi connectivity index (χ1v) is 5.46. The van der Waals surface area contributed by atoms with Crippen molar-refractivity contribution in [2.75, 3.05) is 0 Å². The molecule has 0 radical (unpaired) electrons. The quantitative estimate of drug-likeness (QED) is 0.633. The number of halogens is 1. The molecule has 0 atom stereocenters. The Kier molecular flexibility index (Phi) is 3.29. The maximum absolute atomic E-state index is 5.85. The molecule has 0 amide bonds. The molecular weight excluding hydrogens is 216 g/mol. The molecule has 2 aromatic carbocycles. The molecule has 78 valence electrons. The Bertz CT molecular complexity index is 524. The number of hydrogen-bond acceptors (Lipinski definition) is 0. The van der Waals surface area contributed by atoms with Gasteiger partial charge in [-0.25, -0.2) is 0 Å². The molecule has 2 aromatic rings. The molecule has 0 aliphatic rings. The highest BCUT2D eigenvalue weighted by Crippen LogP contribution is 2.21. The van der Waals surface area contributed by atoms with Gasteiger partial charge in [-0.2, -0.15) is 0 Å². The van der Waals surface area contributed by atoms with E-state index < -0.39 is 0 Å². The highest BCUT2D eigenvalue weighted by Gasteiger charge is 1.96. The van der Waals surface area contributed by atoms with Crippen molar-refractivity contribution < 1.29 is 0 Å². The van der Waals surface area contributed by atoms with E-state index in [4.69, 9.17) is 11.6 Å². The zero-order valence-electron chi connectivity index (χ0n) is 9.00. The largest absolute Gasteiger partial charge is 0.101 e. The highest BCUT2D eigenvalue weighted by molar-refractivity contribution is 6.30. The third-order valence-electron chi connectivity index (χ3n) is 2.33. The summed E-state index contributed by atoms with van der Waals surface area (Å²) in [5, 5.41) is 0.761. The average Bonchev–Trinajstić information content (AvgIpc) is 2.32. The Hall–Kier alpha value is -1.71. The fourth-order valence-corrected chi connectivity index (χ4v) is 1.66. The lowest BCUT2D eigenvalue weighted by atomic mass is 10.0. The minimum absolute atomic E-state index is 0.761. The van der Waals surface area contributed by atoms with Crippen LogP contribution in [0.15, 0.2) is 48.5 Å². The van der Waals surface area contributed by atoms with Crippen molar-refractivity contribution in [1.29, 1.82) is 0 Å². The maximum Gasteiger partial charge on any atom is 0.0406 e. The minimum atomic E-state index is 0.761. The van der Waals surface area contributed by atoms with Crippen LogP contribution in [-0.4, -0.2) is 0 Å². The molecule has 0 spiro atoms. The molecule has 0 unspecified atom stereocenters. The van der Waals surface area contributed by atoms with Gasteiger partial charge in [0.15, 0.2) is 0 Å². The van der Waals surface area contributed by atoms with E-state index in [-0.39, 0.29) is 0 Å². The van der Waals surface area contributed by atoms with Gasteiger partial charge in [0.05, 0.1) is 0 Å². The molecule has 0 heterocycles. The van der Waals surface area contributed by atoms with E-state index in [1.54, 1.807) is 0 Å². The molecule has 0 N–H and O–H groups in total. The minimum Gasteiger partial charge on any atom is -0.101 e. The fraction of sp³-hybridized carbons (Fsp3) is 0.0667. The second kappa shape index (κ2) is 4.88. The van der Waals surface area contributed by atoms with Crippen LogP contribution in [0.4, 0.5) is 0 Å². The van der Waals surface area contributed by atoms with Gasteiger partial charge in [0, 0.05) is 10.6 Å². The van der Waals surface area contributed by atoms with Crippen molar-refractivity contribution in [3.63, 3.8) is 0 Å². The second-order valence-corrected chi connectivity index (χ2v) is 3.90.